The molecular weight excluding hydrogens is 294 g/mol. The molecule has 2 bridgehead atoms. The molecule has 1 saturated heterocycles. The SMILES string of the molecule is [2H]c1c([2H])c2c3c(c1OC)OC1([2H])C(=O)C([2H])([2H])C[C@]4(O)[C@@]31CCN(C([2H])([2H])[2H])[C@]4([2H])C2([2H])[2H]. The first-order valence-electron chi connectivity index (χ1n) is 12.8. The highest BCUT2D eigenvalue weighted by molar-refractivity contribution is 5.90. The Morgan fingerprint density at radius 1 is 1.61 bits per heavy atom. The van der Waals surface area contributed by atoms with Crippen LogP contribution < -0.4 is 9.47 Å². The zero-order valence-electron chi connectivity index (χ0n) is 23.2. The van der Waals surface area contributed by atoms with Gasteiger partial charge in [-0.25, -0.2) is 0 Å². The van der Waals surface area contributed by atoms with Gasteiger partial charge in [-0.1, -0.05) is 6.04 Å². The van der Waals surface area contributed by atoms with Gasteiger partial charge in [-0.15, -0.1) is 0 Å². The van der Waals surface area contributed by atoms with E-state index >= 15 is 0 Å². The Balaban J connectivity index is 2.05. The third kappa shape index (κ3) is 1.32. The van der Waals surface area contributed by atoms with Gasteiger partial charge >= 0.3 is 0 Å². The van der Waals surface area contributed by atoms with Gasteiger partial charge in [-0.2, -0.15) is 0 Å². The molecule has 2 fully saturated rings. The average Bonchev–Trinajstić information content (AvgIpc) is 2.94. The standard InChI is InChI=1S/C18H21NO4/c1-19-8-7-17-14-10-3-4-12(22-2)15(14)23-16(17)11(20)5-6-18(17,21)13(19)9-10/h3-4,13,16,21H,5-9H2,1-2H3/t13-,16?,17+,18-/m1/s1/i1D3,3D,4D,5D2,9D2,13D,16D. The number of likely N-dealkylation sites (N-methyl/N-ethyl adjacent to an activating group) is 1. The number of piperidine rings is 1. The van der Waals surface area contributed by atoms with E-state index in [4.69, 9.17) is 23.2 Å². The third-order valence-electron chi connectivity index (χ3n) is 5.24. The van der Waals surface area contributed by atoms with E-state index in [9.17, 15) is 11.3 Å². The Hall–Kier alpha value is -1.59. The minimum Gasteiger partial charge on any atom is -0.493 e. The van der Waals surface area contributed by atoms with E-state index in [0.717, 1.165) is 7.11 Å². The van der Waals surface area contributed by atoms with Crippen molar-refractivity contribution in [3.8, 4) is 11.5 Å². The number of likely N-dealkylation sites (tertiary alicyclic amines) is 1. The first-order chi connectivity index (χ1) is 15.3. The molecule has 1 saturated carbocycles. The van der Waals surface area contributed by atoms with Crippen LogP contribution in [0.25, 0.3) is 0 Å². The predicted octanol–water partition coefficient (Wildman–Crippen LogP) is 1.05. The van der Waals surface area contributed by atoms with Gasteiger partial charge in [0.2, 0.25) is 0 Å². The fourth-order valence-corrected chi connectivity index (χ4v) is 4.22. The van der Waals surface area contributed by atoms with Crippen LogP contribution in [0.5, 0.6) is 11.5 Å². The van der Waals surface area contributed by atoms with E-state index in [1.54, 1.807) is 0 Å². The second-order valence-electron chi connectivity index (χ2n) is 6.12. The Morgan fingerprint density at radius 2 is 2.48 bits per heavy atom. The molecule has 1 spiro atoms. The topological polar surface area (TPSA) is 59.0 Å². The summed E-state index contributed by atoms with van der Waals surface area (Å²) in [6.07, 6.45) is -10.7. The number of carbonyl (C=O) groups excluding carboxylic acids is 1. The van der Waals surface area contributed by atoms with Crippen LogP contribution in [-0.2, 0) is 16.6 Å². The Labute approximate surface area is 150 Å². The highest BCUT2D eigenvalue weighted by atomic mass is 16.5. The molecule has 5 heteroatoms. The van der Waals surface area contributed by atoms with Gasteiger partial charge in [0.25, 0.3) is 0 Å². The molecule has 0 amide bonds. The minimum atomic E-state index is -3.18. The Morgan fingerprint density at radius 3 is 3.26 bits per heavy atom. The summed E-state index contributed by atoms with van der Waals surface area (Å²) in [6.45, 7) is -3.69. The van der Waals surface area contributed by atoms with E-state index < -0.39 is 97.2 Å². The molecule has 2 aliphatic heterocycles. The zero-order valence-corrected chi connectivity index (χ0v) is 12.2. The number of hydrogen-bond acceptors (Lipinski definition) is 5. The second-order valence-corrected chi connectivity index (χ2v) is 6.12. The number of nitrogens with zero attached hydrogens (tertiary/aromatic N) is 1. The summed E-state index contributed by atoms with van der Waals surface area (Å²) in [6, 6.07) is -4.62. The van der Waals surface area contributed by atoms with Crippen molar-refractivity contribution in [2.75, 3.05) is 20.6 Å². The van der Waals surface area contributed by atoms with Crippen LogP contribution >= 0.6 is 0 Å². The number of benzene rings is 1. The van der Waals surface area contributed by atoms with Crippen molar-refractivity contribution in [1.29, 1.82) is 0 Å². The molecule has 23 heavy (non-hydrogen) atoms. The maximum Gasteiger partial charge on any atom is 0.174 e. The largest absolute Gasteiger partial charge is 0.493 e. The zero-order chi connectivity index (χ0) is 25.7. The fourth-order valence-electron chi connectivity index (χ4n) is 4.22. The molecule has 1 N–H and O–H groups in total. The fraction of sp³-hybridized carbons (Fsp3) is 0.611. The molecule has 1 unspecified atom stereocenters. The summed E-state index contributed by atoms with van der Waals surface area (Å²) in [5, 5.41) is 12.2. The normalized spacial score (nSPS) is 58.9. The van der Waals surface area contributed by atoms with Crippen molar-refractivity contribution >= 4 is 5.78 Å². The lowest BCUT2D eigenvalue weighted by molar-refractivity contribution is -0.185. The van der Waals surface area contributed by atoms with Crippen LogP contribution in [0.4, 0.5) is 0 Å². The summed E-state index contributed by atoms with van der Waals surface area (Å²) in [5.74, 6) is -2.24. The number of rotatable bonds is 1. The lowest BCUT2D eigenvalue weighted by atomic mass is 9.49. The smallest absolute Gasteiger partial charge is 0.174 e. The van der Waals surface area contributed by atoms with Gasteiger partial charge in [0, 0.05) is 27.5 Å². The maximum absolute atomic E-state index is 13.3. The number of carbonyl (C=O) groups is 1. The van der Waals surface area contributed by atoms with Crippen LogP contribution in [0, 0.1) is 0 Å². The quantitative estimate of drug-likeness (QED) is 0.836. The van der Waals surface area contributed by atoms with Crippen molar-refractivity contribution in [1.82, 2.24) is 4.90 Å². The van der Waals surface area contributed by atoms with Crippen LogP contribution in [0.15, 0.2) is 12.1 Å². The van der Waals surface area contributed by atoms with Gasteiger partial charge in [0.1, 0.15) is 0 Å². The number of Topliss-reactive ketones (excluding diaryl/α,β-unsaturated/α-hetero) is 1. The molecule has 4 aliphatic rings. The number of hydrogen-bond donors (Lipinski definition) is 1. The molecule has 4 atom stereocenters. The van der Waals surface area contributed by atoms with Gasteiger partial charge < -0.3 is 19.5 Å². The molecule has 2 heterocycles. The van der Waals surface area contributed by atoms with E-state index in [1.165, 1.54) is 0 Å². The van der Waals surface area contributed by atoms with E-state index in [2.05, 4.69) is 0 Å². The summed E-state index contributed by atoms with van der Waals surface area (Å²) < 4.78 is 104. The monoisotopic (exact) mass is 326 g/mol. The molecule has 5 rings (SSSR count). The Bertz CT molecular complexity index is 1170. The van der Waals surface area contributed by atoms with Gasteiger partial charge in [-0.05, 0) is 44.3 Å². The van der Waals surface area contributed by atoms with Gasteiger partial charge in [0.15, 0.2) is 23.4 Å². The number of ether oxygens (including phenoxy) is 2. The van der Waals surface area contributed by atoms with Crippen molar-refractivity contribution in [3.05, 3.63) is 23.2 Å². The first-order valence-corrected chi connectivity index (χ1v) is 7.27. The van der Waals surface area contributed by atoms with Crippen LogP contribution in [-0.4, -0.2) is 54.1 Å². The number of methoxy groups -OCH3 is 1. The second kappa shape index (κ2) is 4.08. The summed E-state index contributed by atoms with van der Waals surface area (Å²) >= 11 is 0. The molecule has 0 aromatic heterocycles. The minimum absolute atomic E-state index is 0.315. The van der Waals surface area contributed by atoms with Gasteiger partial charge in [-0.3, -0.25) is 4.79 Å². The molecule has 0 radical (unpaired) electrons. The molecule has 2 aliphatic carbocycles. The average molecular weight is 326 g/mol. The maximum atomic E-state index is 13.3. The summed E-state index contributed by atoms with van der Waals surface area (Å²) in [5.41, 5.74) is -6.22. The Kier molecular flexibility index (Phi) is 1.19. The highest BCUT2D eigenvalue weighted by Gasteiger charge is 2.72. The first kappa shape index (κ1) is 6.73. The lowest BCUT2D eigenvalue weighted by Gasteiger charge is -2.62. The predicted molar refractivity (Wildman–Crippen MR) is 83.0 cm³/mol. The third-order valence-corrected chi connectivity index (χ3v) is 5.24. The summed E-state index contributed by atoms with van der Waals surface area (Å²) in [4.78, 5) is 13.8. The molecule has 1 aromatic rings. The van der Waals surface area contributed by atoms with Crippen LogP contribution in [0.3, 0.4) is 0 Å². The highest BCUT2D eigenvalue weighted by Crippen LogP contribution is 2.64. The lowest BCUT2D eigenvalue weighted by Crippen LogP contribution is -2.76. The van der Waals surface area contributed by atoms with E-state index in [1.807, 2.05) is 0 Å². The van der Waals surface area contributed by atoms with E-state index in [0.29, 0.717) is 4.90 Å². The van der Waals surface area contributed by atoms with Crippen molar-refractivity contribution in [3.63, 3.8) is 0 Å². The molecule has 1 aromatic carbocycles. The number of aliphatic hydroxyl groups is 1. The molecular formula is C18H21NO4. The van der Waals surface area contributed by atoms with Crippen molar-refractivity contribution < 1.29 is 34.5 Å². The summed E-state index contributed by atoms with van der Waals surface area (Å²) in [7, 11) is 1.13. The number of ketones is 1. The van der Waals surface area contributed by atoms with E-state index in [-0.39, 0.29) is 5.56 Å². The van der Waals surface area contributed by atoms with Crippen molar-refractivity contribution in [2.24, 2.45) is 0 Å². The molecule has 122 valence electrons. The van der Waals surface area contributed by atoms with Crippen molar-refractivity contribution in [2.45, 2.75) is 48.7 Å². The van der Waals surface area contributed by atoms with Crippen LogP contribution in [0.2, 0.25) is 0 Å². The van der Waals surface area contributed by atoms with Gasteiger partial charge in [0.05, 0.1) is 23.6 Å². The molecule has 5 nitrogen and oxygen atoms in total. The van der Waals surface area contributed by atoms with Crippen LogP contribution in [0.1, 0.15) is 45.4 Å².